The zero-order valence-corrected chi connectivity index (χ0v) is 15.1. The fourth-order valence-electron chi connectivity index (χ4n) is 3.13. The summed E-state index contributed by atoms with van der Waals surface area (Å²) in [6.07, 6.45) is 5.45. The van der Waals surface area contributed by atoms with Crippen LogP contribution in [0.3, 0.4) is 0 Å². The first kappa shape index (κ1) is 20.1. The fourth-order valence-corrected chi connectivity index (χ4v) is 3.13. The molecule has 0 aliphatic carbocycles. The SMILES string of the molecule is CC[C@@H]1C[C@H](C)[C@H]([C@@](C)(O)C=CC(=O)N[C@H](CO)[C@@H](C)CC)O1. The number of carbonyl (C=O) groups excluding carboxylic acids is 1. The number of carbonyl (C=O) groups is 1. The summed E-state index contributed by atoms with van der Waals surface area (Å²) < 4.78 is 5.90. The van der Waals surface area contributed by atoms with Crippen molar-refractivity contribution in [3.63, 3.8) is 0 Å². The third kappa shape index (κ3) is 5.59. The predicted molar refractivity (Wildman–Crippen MR) is 91.0 cm³/mol. The number of hydrogen-bond acceptors (Lipinski definition) is 4. The minimum absolute atomic E-state index is 0.0913. The van der Waals surface area contributed by atoms with Gasteiger partial charge in [-0.2, -0.15) is 0 Å². The van der Waals surface area contributed by atoms with Crippen LogP contribution in [0.5, 0.6) is 0 Å². The smallest absolute Gasteiger partial charge is 0.244 e. The molecule has 0 aromatic rings. The first-order valence-corrected chi connectivity index (χ1v) is 8.73. The maximum atomic E-state index is 12.0. The molecule has 1 fully saturated rings. The van der Waals surface area contributed by atoms with Gasteiger partial charge in [0.25, 0.3) is 0 Å². The quantitative estimate of drug-likeness (QED) is 0.596. The molecule has 6 atom stereocenters. The Morgan fingerprint density at radius 2 is 2.13 bits per heavy atom. The summed E-state index contributed by atoms with van der Waals surface area (Å²) in [5.74, 6) is 0.136. The van der Waals surface area contributed by atoms with Gasteiger partial charge >= 0.3 is 0 Å². The van der Waals surface area contributed by atoms with Gasteiger partial charge in [0.05, 0.1) is 24.9 Å². The summed E-state index contributed by atoms with van der Waals surface area (Å²) in [5, 5.41) is 22.8. The average Bonchev–Trinajstić information content (AvgIpc) is 2.92. The van der Waals surface area contributed by atoms with Crippen LogP contribution in [0.4, 0.5) is 0 Å². The van der Waals surface area contributed by atoms with Gasteiger partial charge in [-0.1, -0.05) is 34.1 Å². The monoisotopic (exact) mass is 327 g/mol. The Balaban J connectivity index is 2.65. The van der Waals surface area contributed by atoms with E-state index >= 15 is 0 Å². The molecule has 3 N–H and O–H groups in total. The van der Waals surface area contributed by atoms with Crippen LogP contribution in [0, 0.1) is 11.8 Å². The first-order valence-electron chi connectivity index (χ1n) is 8.73. The molecule has 1 rings (SSSR count). The van der Waals surface area contributed by atoms with Crippen molar-refractivity contribution in [3.05, 3.63) is 12.2 Å². The van der Waals surface area contributed by atoms with Gasteiger partial charge in [-0.15, -0.1) is 0 Å². The molecule has 5 heteroatoms. The van der Waals surface area contributed by atoms with Crippen molar-refractivity contribution >= 4 is 5.91 Å². The highest BCUT2D eigenvalue weighted by Gasteiger charge is 2.41. The van der Waals surface area contributed by atoms with Crippen LogP contribution < -0.4 is 5.32 Å². The molecule has 0 aromatic carbocycles. The Morgan fingerprint density at radius 1 is 1.48 bits per heavy atom. The van der Waals surface area contributed by atoms with Crippen molar-refractivity contribution in [2.45, 2.75) is 77.7 Å². The van der Waals surface area contributed by atoms with Crippen LogP contribution >= 0.6 is 0 Å². The van der Waals surface area contributed by atoms with Crippen molar-refractivity contribution in [2.75, 3.05) is 6.61 Å². The lowest BCUT2D eigenvalue weighted by Gasteiger charge is -2.29. The molecule has 0 radical (unpaired) electrons. The van der Waals surface area contributed by atoms with Crippen molar-refractivity contribution in [2.24, 2.45) is 11.8 Å². The van der Waals surface area contributed by atoms with E-state index in [2.05, 4.69) is 19.2 Å². The number of ether oxygens (including phenoxy) is 1. The summed E-state index contributed by atoms with van der Waals surface area (Å²) in [7, 11) is 0. The lowest BCUT2D eigenvalue weighted by Crippen LogP contribution is -2.43. The molecule has 0 spiro atoms. The van der Waals surface area contributed by atoms with E-state index in [9.17, 15) is 15.0 Å². The van der Waals surface area contributed by atoms with Crippen molar-refractivity contribution in [3.8, 4) is 0 Å². The highest BCUT2D eigenvalue weighted by Crippen LogP contribution is 2.34. The summed E-state index contributed by atoms with van der Waals surface area (Å²) in [6, 6.07) is -0.270. The van der Waals surface area contributed by atoms with Gasteiger partial charge in [-0.05, 0) is 37.7 Å². The standard InChI is InChI=1S/C18H33NO4/c1-6-12(3)15(11-20)19-16(21)8-9-18(5,22)17-13(4)10-14(7-2)23-17/h8-9,12-15,17,20,22H,6-7,10-11H2,1-5H3,(H,19,21)/t12-,13-,14+,15+,17+,18-/m0/s1. The second-order valence-electron chi connectivity index (χ2n) is 7.04. The Hall–Kier alpha value is -0.910. The molecule has 1 aliphatic heterocycles. The van der Waals surface area contributed by atoms with Crippen molar-refractivity contribution in [1.29, 1.82) is 0 Å². The molecular weight excluding hydrogens is 294 g/mol. The van der Waals surface area contributed by atoms with Crippen molar-refractivity contribution in [1.82, 2.24) is 5.32 Å². The molecule has 5 nitrogen and oxygen atoms in total. The molecular formula is C18H33NO4. The van der Waals surface area contributed by atoms with Crippen LogP contribution in [-0.4, -0.2) is 46.6 Å². The van der Waals surface area contributed by atoms with E-state index in [-0.39, 0.29) is 42.6 Å². The molecule has 1 heterocycles. The topological polar surface area (TPSA) is 78.8 Å². The van der Waals surface area contributed by atoms with Gasteiger partial charge in [0.15, 0.2) is 0 Å². The molecule has 0 bridgehead atoms. The van der Waals surface area contributed by atoms with E-state index in [0.717, 1.165) is 19.3 Å². The molecule has 1 saturated heterocycles. The van der Waals surface area contributed by atoms with Crippen LogP contribution in [0.15, 0.2) is 12.2 Å². The lowest BCUT2D eigenvalue weighted by molar-refractivity contribution is -0.118. The lowest BCUT2D eigenvalue weighted by atomic mass is 9.88. The number of nitrogens with one attached hydrogen (secondary N) is 1. The van der Waals surface area contributed by atoms with Crippen molar-refractivity contribution < 1.29 is 19.7 Å². The molecule has 1 aliphatic rings. The van der Waals surface area contributed by atoms with Gasteiger partial charge in [0, 0.05) is 6.08 Å². The summed E-state index contributed by atoms with van der Waals surface area (Å²) in [5.41, 5.74) is -1.19. The van der Waals surface area contributed by atoms with Gasteiger partial charge < -0.3 is 20.3 Å². The van der Waals surface area contributed by atoms with E-state index in [0.29, 0.717) is 0 Å². The van der Waals surface area contributed by atoms with Crippen LogP contribution in [-0.2, 0) is 9.53 Å². The predicted octanol–water partition coefficient (Wildman–Crippen LogP) is 2.02. The molecule has 0 saturated carbocycles. The van der Waals surface area contributed by atoms with E-state index in [1.54, 1.807) is 6.92 Å². The maximum absolute atomic E-state index is 12.0. The molecule has 0 aromatic heterocycles. The zero-order chi connectivity index (χ0) is 17.6. The molecule has 0 unspecified atom stereocenters. The largest absolute Gasteiger partial charge is 0.394 e. The molecule has 1 amide bonds. The van der Waals surface area contributed by atoms with Crippen LogP contribution in [0.1, 0.15) is 53.9 Å². The fraction of sp³-hybridized carbons (Fsp3) is 0.833. The van der Waals surface area contributed by atoms with E-state index in [4.69, 9.17) is 4.74 Å². The number of rotatable bonds is 8. The second-order valence-corrected chi connectivity index (χ2v) is 7.04. The molecule has 134 valence electrons. The number of hydrogen-bond donors (Lipinski definition) is 3. The van der Waals surface area contributed by atoms with Gasteiger partial charge in [-0.3, -0.25) is 4.79 Å². The van der Waals surface area contributed by atoms with Crippen LogP contribution in [0.25, 0.3) is 0 Å². The normalized spacial score (nSPS) is 30.1. The summed E-state index contributed by atoms with van der Waals surface area (Å²) in [6.45, 7) is 9.72. The number of aliphatic hydroxyl groups is 2. The highest BCUT2D eigenvalue weighted by molar-refractivity contribution is 5.87. The Labute approximate surface area is 140 Å². The summed E-state index contributed by atoms with van der Waals surface area (Å²) in [4.78, 5) is 12.0. The maximum Gasteiger partial charge on any atom is 0.244 e. The number of aliphatic hydroxyl groups excluding tert-OH is 1. The van der Waals surface area contributed by atoms with Gasteiger partial charge in [-0.25, -0.2) is 0 Å². The Kier molecular flexibility index (Phi) is 7.71. The minimum atomic E-state index is -1.19. The van der Waals surface area contributed by atoms with E-state index in [1.165, 1.54) is 12.2 Å². The first-order chi connectivity index (χ1) is 10.7. The number of amides is 1. The van der Waals surface area contributed by atoms with Crippen LogP contribution in [0.2, 0.25) is 0 Å². The Bertz CT molecular complexity index is 408. The van der Waals surface area contributed by atoms with E-state index < -0.39 is 5.60 Å². The molecule has 23 heavy (non-hydrogen) atoms. The third-order valence-electron chi connectivity index (χ3n) is 4.95. The minimum Gasteiger partial charge on any atom is -0.394 e. The summed E-state index contributed by atoms with van der Waals surface area (Å²) >= 11 is 0. The highest BCUT2D eigenvalue weighted by atomic mass is 16.5. The second kappa shape index (κ2) is 8.81. The van der Waals surface area contributed by atoms with E-state index in [1.807, 2.05) is 13.8 Å². The zero-order valence-electron chi connectivity index (χ0n) is 15.1. The average molecular weight is 327 g/mol. The third-order valence-corrected chi connectivity index (χ3v) is 4.95. The van der Waals surface area contributed by atoms with Gasteiger partial charge in [0.2, 0.25) is 5.91 Å². The van der Waals surface area contributed by atoms with Gasteiger partial charge in [0.1, 0.15) is 5.60 Å². The Morgan fingerprint density at radius 3 is 2.61 bits per heavy atom.